The molecule has 3 aliphatic rings. The quantitative estimate of drug-likeness (QED) is 0.156. The Kier molecular flexibility index (Phi) is 11.1. The van der Waals surface area contributed by atoms with Crippen LogP contribution >= 0.6 is 0 Å². The number of carbonyl (C=O) groups excluding carboxylic acids is 2. The molecule has 2 unspecified atom stereocenters. The second-order valence-corrected chi connectivity index (χ2v) is 14.7. The number of pyridine rings is 1. The van der Waals surface area contributed by atoms with Crippen LogP contribution in [0.4, 0.5) is 24.5 Å². The number of rotatable bonds is 10. The van der Waals surface area contributed by atoms with Crippen molar-refractivity contribution in [3.8, 4) is 11.1 Å². The van der Waals surface area contributed by atoms with Gasteiger partial charge < -0.3 is 19.3 Å². The van der Waals surface area contributed by atoms with Gasteiger partial charge in [0.1, 0.15) is 23.3 Å². The number of halogens is 3. The summed E-state index contributed by atoms with van der Waals surface area (Å²) in [4.78, 5) is 40.0. The summed E-state index contributed by atoms with van der Waals surface area (Å²) in [6.07, 6.45) is 7.10. The van der Waals surface area contributed by atoms with Crippen LogP contribution in [-0.2, 0) is 20.9 Å². The van der Waals surface area contributed by atoms with Crippen LogP contribution < -0.4 is 14.7 Å². The van der Waals surface area contributed by atoms with Crippen molar-refractivity contribution < 1.29 is 36.4 Å². The number of ketones is 1. The number of hydrogen-bond donors (Lipinski definition) is 2. The number of aromatic amines is 1. The largest absolute Gasteiger partial charge is 0.754 e. The number of hydrazine groups is 2. The Hall–Kier alpha value is -4.35. The summed E-state index contributed by atoms with van der Waals surface area (Å²) >= 11 is -3.06. The van der Waals surface area contributed by atoms with Gasteiger partial charge >= 0.3 is 5.97 Å². The van der Waals surface area contributed by atoms with E-state index in [4.69, 9.17) is 4.84 Å². The maximum Gasteiger partial charge on any atom is 0.323 e. The van der Waals surface area contributed by atoms with Gasteiger partial charge in [0.15, 0.2) is 5.82 Å². The van der Waals surface area contributed by atoms with Crippen LogP contribution in [0.1, 0.15) is 61.4 Å². The molecule has 0 spiro atoms. The third-order valence-corrected chi connectivity index (χ3v) is 11.1. The molecule has 0 aliphatic carbocycles. The number of alkyl halides is 1. The Morgan fingerprint density at radius 2 is 1.79 bits per heavy atom. The van der Waals surface area contributed by atoms with Gasteiger partial charge in [-0.15, -0.1) is 0 Å². The molecule has 3 fully saturated rings. The molecule has 0 saturated carbocycles. The van der Waals surface area contributed by atoms with Crippen molar-refractivity contribution in [3.63, 3.8) is 0 Å². The normalized spacial score (nSPS) is 21.1. The predicted octanol–water partition coefficient (Wildman–Crippen LogP) is 5.60. The maximum atomic E-state index is 15.9. The van der Waals surface area contributed by atoms with Gasteiger partial charge in [0.25, 0.3) is 0 Å². The molecule has 0 radical (unpaired) electrons. The Balaban J connectivity index is 1.03. The van der Waals surface area contributed by atoms with Crippen LogP contribution in [0.15, 0.2) is 54.9 Å². The highest BCUT2D eigenvalue weighted by Crippen LogP contribution is 2.34. The van der Waals surface area contributed by atoms with Crippen LogP contribution in [-0.4, -0.2) is 86.1 Å². The molecular weight excluding hydrogens is 712 g/mol. The fraction of sp³-hybridized carbons (Fsp3) is 0.432. The third-order valence-electron chi connectivity index (χ3n) is 10.4. The Morgan fingerprint density at radius 3 is 2.49 bits per heavy atom. The molecule has 3 aliphatic heterocycles. The van der Waals surface area contributed by atoms with Crippen LogP contribution in [0.25, 0.3) is 22.2 Å². The lowest BCUT2D eigenvalue weighted by Crippen LogP contribution is -2.43. The molecule has 0 amide bonds. The van der Waals surface area contributed by atoms with Crippen molar-refractivity contribution in [2.75, 3.05) is 48.6 Å². The molecule has 3 saturated heterocycles. The fourth-order valence-corrected chi connectivity index (χ4v) is 8.34. The zero-order chi connectivity index (χ0) is 37.2. The summed E-state index contributed by atoms with van der Waals surface area (Å²) in [6, 6.07) is 11.5. The Morgan fingerprint density at radius 1 is 1.02 bits per heavy atom. The zero-order valence-electron chi connectivity index (χ0n) is 29.2. The van der Waals surface area contributed by atoms with Crippen molar-refractivity contribution in [1.29, 1.82) is 0 Å². The second kappa shape index (κ2) is 15.9. The molecule has 2 aromatic heterocycles. The number of fused-ring (bicyclic) bond motifs is 1. The highest BCUT2D eigenvalue weighted by molar-refractivity contribution is 7.80. The van der Waals surface area contributed by atoms with Crippen LogP contribution in [0.3, 0.4) is 0 Å². The first-order valence-electron chi connectivity index (χ1n) is 17.9. The van der Waals surface area contributed by atoms with Gasteiger partial charge in [-0.25, -0.2) is 33.0 Å². The maximum absolute atomic E-state index is 15.9. The van der Waals surface area contributed by atoms with Gasteiger partial charge in [0.05, 0.1) is 29.9 Å². The molecular formula is C37H41F3N7O5S-. The molecule has 0 bridgehead atoms. The lowest BCUT2D eigenvalue weighted by Gasteiger charge is -2.35. The minimum Gasteiger partial charge on any atom is -0.754 e. The molecule has 2 N–H and O–H groups in total. The van der Waals surface area contributed by atoms with Crippen molar-refractivity contribution in [2.24, 2.45) is 11.8 Å². The highest BCUT2D eigenvalue weighted by Gasteiger charge is 2.33. The molecule has 53 heavy (non-hydrogen) atoms. The summed E-state index contributed by atoms with van der Waals surface area (Å²) in [6.45, 7) is 4.49. The van der Waals surface area contributed by atoms with E-state index in [0.717, 1.165) is 80.1 Å². The third kappa shape index (κ3) is 8.11. The Bertz CT molecular complexity index is 1990. The van der Waals surface area contributed by atoms with E-state index in [1.807, 2.05) is 12.1 Å². The van der Waals surface area contributed by atoms with E-state index in [9.17, 15) is 22.7 Å². The zero-order valence-corrected chi connectivity index (χ0v) is 30.0. The molecule has 5 heterocycles. The predicted molar refractivity (Wildman–Crippen MR) is 193 cm³/mol. The smallest absolute Gasteiger partial charge is 0.323 e. The molecule has 16 heteroatoms. The number of nitrogens with one attached hydrogen (secondary N) is 2. The number of nitrogens with zero attached hydrogens (tertiary/aromatic N) is 5. The SMILES string of the molecule is CC(=O)ON1CCC[C@H](CC2CCN(c3ccc(-c4cnc5[nH]cc(C(=O)c6c(F)ccc(N(N7CCC(F)C7)S(=O)[O-])c6F)c5c4)cc3)CC2)CN1. The van der Waals surface area contributed by atoms with E-state index < -0.39 is 46.1 Å². The standard InChI is InChI=1S/C37H42F3N7O5S/c1-23(48)52-46-13-2-3-25(19-43-46)17-24-10-14-44(15-11-24)29-6-4-26(5-7-29)27-18-30-31(21-42-37(30)41-20-27)36(49)34-32(39)8-9-33(35(34)40)47(53(50)51)45-16-12-28(38)22-45/h4-9,18,20-21,24-25,28,43H,2-3,10-17,19,22H2,1H3,(H,41,42)(H,50,51)/p-1/t25-,28?/m1/s1. The average Bonchev–Trinajstić information content (AvgIpc) is 3.70. The molecule has 282 valence electrons. The Labute approximate surface area is 307 Å². The summed E-state index contributed by atoms with van der Waals surface area (Å²) in [7, 11) is 0. The first-order chi connectivity index (χ1) is 25.5. The number of H-pyrrole nitrogens is 1. The van der Waals surface area contributed by atoms with Crippen LogP contribution in [0.5, 0.6) is 0 Å². The highest BCUT2D eigenvalue weighted by atomic mass is 32.2. The van der Waals surface area contributed by atoms with E-state index in [-0.39, 0.29) is 31.0 Å². The van der Waals surface area contributed by atoms with Gasteiger partial charge in [-0.2, -0.15) is 0 Å². The lowest BCUT2D eigenvalue weighted by atomic mass is 9.85. The van der Waals surface area contributed by atoms with Gasteiger partial charge in [-0.3, -0.25) is 13.8 Å². The number of piperidine rings is 1. The number of hydrogen-bond acceptors (Lipinski definition) is 10. The summed E-state index contributed by atoms with van der Waals surface area (Å²) in [5.41, 5.74) is 4.68. The van der Waals surface area contributed by atoms with Crippen LogP contribution in [0, 0.1) is 23.5 Å². The van der Waals surface area contributed by atoms with Crippen molar-refractivity contribution in [1.82, 2.24) is 25.6 Å². The van der Waals surface area contributed by atoms with Crippen LogP contribution in [0.2, 0.25) is 0 Å². The second-order valence-electron chi connectivity index (χ2n) is 14.0. The number of aromatic nitrogens is 2. The van der Waals surface area contributed by atoms with Crippen molar-refractivity contribution >= 4 is 45.4 Å². The van der Waals surface area contributed by atoms with Gasteiger partial charge in [0.2, 0.25) is 5.78 Å². The number of carbonyl (C=O) groups is 2. The van der Waals surface area contributed by atoms with Gasteiger partial charge in [0, 0.05) is 67.7 Å². The number of hydroxylamine groups is 1. The van der Waals surface area contributed by atoms with Gasteiger partial charge in [-0.05, 0) is 86.3 Å². The summed E-state index contributed by atoms with van der Waals surface area (Å²) in [5.74, 6) is -2.69. The minimum atomic E-state index is -3.06. The van der Waals surface area contributed by atoms with E-state index in [2.05, 4.69) is 32.4 Å². The van der Waals surface area contributed by atoms with E-state index >= 15 is 8.78 Å². The summed E-state index contributed by atoms with van der Waals surface area (Å²) in [5, 5.41) is 3.00. The average molecular weight is 753 g/mol. The molecule has 2 aromatic carbocycles. The molecule has 12 nitrogen and oxygen atoms in total. The first kappa shape index (κ1) is 37.0. The topological polar surface area (TPSA) is 137 Å². The number of benzene rings is 2. The fourth-order valence-electron chi connectivity index (χ4n) is 7.71. The molecule has 4 aromatic rings. The van der Waals surface area contributed by atoms with Crippen molar-refractivity contribution in [3.05, 3.63) is 77.6 Å². The van der Waals surface area contributed by atoms with Gasteiger partial charge in [-0.1, -0.05) is 17.3 Å². The monoisotopic (exact) mass is 752 g/mol. The van der Waals surface area contributed by atoms with E-state index in [0.29, 0.717) is 39.4 Å². The van der Waals surface area contributed by atoms with E-state index in [1.54, 1.807) is 17.4 Å². The van der Waals surface area contributed by atoms with E-state index in [1.165, 1.54) is 13.1 Å². The molecule has 3 atom stereocenters. The number of anilines is 2. The summed E-state index contributed by atoms with van der Waals surface area (Å²) < 4.78 is 69.7. The first-order valence-corrected chi connectivity index (χ1v) is 18.9. The minimum absolute atomic E-state index is 0.00540. The molecule has 7 rings (SSSR count). The lowest BCUT2D eigenvalue weighted by molar-refractivity contribution is -0.203. The van der Waals surface area contributed by atoms with Crippen molar-refractivity contribution in [2.45, 2.75) is 51.6 Å².